The Morgan fingerprint density at radius 3 is 2.68 bits per heavy atom. The number of methoxy groups -OCH3 is 1. The van der Waals surface area contributed by atoms with Crippen LogP contribution in [0.2, 0.25) is 5.02 Å². The lowest BCUT2D eigenvalue weighted by Crippen LogP contribution is -2.24. The standard InChI is InChI=1S/C14H18ClF3N2O2/c1-22-8-2-6-19-7-5-13(21)20-12-4-3-10(15)9-11(12)14(16,17)18/h3-4,9,19H,2,5-8H2,1H3,(H,20,21). The summed E-state index contributed by atoms with van der Waals surface area (Å²) in [5.74, 6) is -0.493. The normalized spacial score (nSPS) is 11.5. The topological polar surface area (TPSA) is 50.4 Å². The van der Waals surface area contributed by atoms with Crippen LogP contribution in [0.15, 0.2) is 18.2 Å². The lowest BCUT2D eigenvalue weighted by atomic mass is 10.1. The minimum atomic E-state index is -4.58. The van der Waals surface area contributed by atoms with E-state index in [-0.39, 0.29) is 17.1 Å². The number of hydrogen-bond acceptors (Lipinski definition) is 3. The van der Waals surface area contributed by atoms with Crippen molar-refractivity contribution in [3.63, 3.8) is 0 Å². The van der Waals surface area contributed by atoms with Crippen LogP contribution in [0, 0.1) is 0 Å². The quantitative estimate of drug-likeness (QED) is 0.715. The number of nitrogens with one attached hydrogen (secondary N) is 2. The molecule has 8 heteroatoms. The first-order valence-corrected chi connectivity index (χ1v) is 7.08. The van der Waals surface area contributed by atoms with Gasteiger partial charge in [0.25, 0.3) is 0 Å². The van der Waals surface area contributed by atoms with Crippen LogP contribution in [0.25, 0.3) is 0 Å². The molecule has 0 saturated heterocycles. The van der Waals surface area contributed by atoms with E-state index in [9.17, 15) is 18.0 Å². The molecule has 0 saturated carbocycles. The average Bonchev–Trinajstić information content (AvgIpc) is 2.43. The fraction of sp³-hybridized carbons (Fsp3) is 0.500. The zero-order chi connectivity index (χ0) is 16.6. The molecule has 1 rings (SSSR count). The maximum Gasteiger partial charge on any atom is 0.418 e. The maximum absolute atomic E-state index is 12.9. The molecule has 0 heterocycles. The average molecular weight is 339 g/mol. The molecule has 0 radical (unpaired) electrons. The van der Waals surface area contributed by atoms with Crippen LogP contribution >= 0.6 is 11.6 Å². The van der Waals surface area contributed by atoms with E-state index in [0.29, 0.717) is 19.7 Å². The Morgan fingerprint density at radius 2 is 2.05 bits per heavy atom. The van der Waals surface area contributed by atoms with Gasteiger partial charge in [0.1, 0.15) is 0 Å². The lowest BCUT2D eigenvalue weighted by Gasteiger charge is -2.14. The molecule has 0 spiro atoms. The Kier molecular flexibility index (Phi) is 7.64. The van der Waals surface area contributed by atoms with Crippen molar-refractivity contribution in [2.75, 3.05) is 32.1 Å². The Labute approximate surface area is 132 Å². The van der Waals surface area contributed by atoms with Crippen molar-refractivity contribution in [3.05, 3.63) is 28.8 Å². The third-order valence-corrected chi connectivity index (χ3v) is 3.03. The summed E-state index contributed by atoms with van der Waals surface area (Å²) in [6.45, 7) is 1.67. The van der Waals surface area contributed by atoms with E-state index in [2.05, 4.69) is 10.6 Å². The molecule has 0 bridgehead atoms. The van der Waals surface area contributed by atoms with E-state index in [4.69, 9.17) is 16.3 Å². The van der Waals surface area contributed by atoms with Crippen molar-refractivity contribution in [1.29, 1.82) is 0 Å². The van der Waals surface area contributed by atoms with E-state index in [1.165, 1.54) is 6.07 Å². The summed E-state index contributed by atoms with van der Waals surface area (Å²) < 4.78 is 43.5. The second kappa shape index (κ2) is 8.97. The van der Waals surface area contributed by atoms with Crippen LogP contribution in [0.1, 0.15) is 18.4 Å². The molecule has 124 valence electrons. The molecule has 0 fully saturated rings. The molecule has 1 amide bonds. The maximum atomic E-state index is 12.9. The third-order valence-electron chi connectivity index (χ3n) is 2.79. The van der Waals surface area contributed by atoms with Gasteiger partial charge in [-0.3, -0.25) is 4.79 Å². The molecule has 1 aromatic rings. The Balaban J connectivity index is 2.51. The van der Waals surface area contributed by atoms with E-state index < -0.39 is 17.6 Å². The van der Waals surface area contributed by atoms with Gasteiger partial charge in [-0.15, -0.1) is 0 Å². The van der Waals surface area contributed by atoms with Gasteiger partial charge in [-0.25, -0.2) is 0 Å². The van der Waals surface area contributed by atoms with Crippen LogP contribution in [0.4, 0.5) is 18.9 Å². The number of amides is 1. The molecule has 0 unspecified atom stereocenters. The molecule has 22 heavy (non-hydrogen) atoms. The van der Waals surface area contributed by atoms with Gasteiger partial charge in [0, 0.05) is 31.7 Å². The zero-order valence-electron chi connectivity index (χ0n) is 12.1. The van der Waals surface area contributed by atoms with Crippen LogP contribution < -0.4 is 10.6 Å². The van der Waals surface area contributed by atoms with E-state index >= 15 is 0 Å². The van der Waals surface area contributed by atoms with Gasteiger partial charge in [-0.05, 0) is 31.2 Å². The number of carbonyl (C=O) groups is 1. The Bertz CT molecular complexity index is 495. The van der Waals surface area contributed by atoms with Gasteiger partial charge in [0.15, 0.2) is 0 Å². The molecule has 0 aromatic heterocycles. The summed E-state index contributed by atoms with van der Waals surface area (Å²) in [5.41, 5.74) is -1.25. The predicted molar refractivity (Wildman–Crippen MR) is 79.1 cm³/mol. The summed E-state index contributed by atoms with van der Waals surface area (Å²) in [6.07, 6.45) is -3.70. The lowest BCUT2D eigenvalue weighted by molar-refractivity contribution is -0.137. The molecule has 0 aliphatic heterocycles. The minimum absolute atomic E-state index is 0.0369. The van der Waals surface area contributed by atoms with Crippen LogP contribution in [0.3, 0.4) is 0 Å². The number of rotatable bonds is 8. The number of benzene rings is 1. The fourth-order valence-corrected chi connectivity index (χ4v) is 1.91. The molecule has 0 atom stereocenters. The largest absolute Gasteiger partial charge is 0.418 e. The van der Waals surface area contributed by atoms with Gasteiger partial charge < -0.3 is 15.4 Å². The summed E-state index contributed by atoms with van der Waals surface area (Å²) in [7, 11) is 1.60. The fourth-order valence-electron chi connectivity index (χ4n) is 1.74. The summed E-state index contributed by atoms with van der Waals surface area (Å²) in [5, 5.41) is 5.23. The van der Waals surface area contributed by atoms with Gasteiger partial charge in [0.2, 0.25) is 5.91 Å². The van der Waals surface area contributed by atoms with Crippen LogP contribution in [-0.2, 0) is 15.7 Å². The summed E-state index contributed by atoms with van der Waals surface area (Å²) in [6, 6.07) is 3.24. The first-order chi connectivity index (χ1) is 10.3. The van der Waals surface area contributed by atoms with Crippen molar-refractivity contribution in [3.8, 4) is 0 Å². The molecular formula is C14H18ClF3N2O2. The van der Waals surface area contributed by atoms with Crippen molar-refractivity contribution in [1.82, 2.24) is 5.32 Å². The first kappa shape index (κ1) is 18.7. The highest BCUT2D eigenvalue weighted by Crippen LogP contribution is 2.36. The highest BCUT2D eigenvalue weighted by Gasteiger charge is 2.34. The third kappa shape index (κ3) is 6.64. The van der Waals surface area contributed by atoms with Gasteiger partial charge >= 0.3 is 6.18 Å². The molecule has 4 nitrogen and oxygen atoms in total. The second-order valence-corrected chi connectivity index (χ2v) is 5.02. The summed E-state index contributed by atoms with van der Waals surface area (Å²) >= 11 is 5.57. The number of hydrogen-bond donors (Lipinski definition) is 2. The van der Waals surface area contributed by atoms with Crippen molar-refractivity contribution < 1.29 is 22.7 Å². The van der Waals surface area contributed by atoms with E-state index in [1.807, 2.05) is 0 Å². The molecular weight excluding hydrogens is 321 g/mol. The van der Waals surface area contributed by atoms with Crippen molar-refractivity contribution in [2.45, 2.75) is 19.0 Å². The Morgan fingerprint density at radius 1 is 1.32 bits per heavy atom. The second-order valence-electron chi connectivity index (χ2n) is 4.58. The Hall–Kier alpha value is -1.31. The minimum Gasteiger partial charge on any atom is -0.385 e. The van der Waals surface area contributed by atoms with Crippen molar-refractivity contribution in [2.24, 2.45) is 0 Å². The molecule has 0 aliphatic carbocycles. The predicted octanol–water partition coefficient (Wildman–Crippen LogP) is 3.31. The first-order valence-electron chi connectivity index (χ1n) is 6.71. The van der Waals surface area contributed by atoms with E-state index in [1.54, 1.807) is 7.11 Å². The highest BCUT2D eigenvalue weighted by atomic mass is 35.5. The molecule has 2 N–H and O–H groups in total. The van der Waals surface area contributed by atoms with Gasteiger partial charge in [-0.1, -0.05) is 11.6 Å². The van der Waals surface area contributed by atoms with Crippen molar-refractivity contribution >= 4 is 23.2 Å². The summed E-state index contributed by atoms with van der Waals surface area (Å²) in [4.78, 5) is 11.7. The van der Waals surface area contributed by atoms with Gasteiger partial charge in [0.05, 0.1) is 11.3 Å². The molecule has 1 aromatic carbocycles. The number of ether oxygens (including phenoxy) is 1. The number of carbonyl (C=O) groups excluding carboxylic acids is 1. The number of halogens is 4. The van der Waals surface area contributed by atoms with Crippen LogP contribution in [0.5, 0.6) is 0 Å². The zero-order valence-corrected chi connectivity index (χ0v) is 12.9. The van der Waals surface area contributed by atoms with Gasteiger partial charge in [-0.2, -0.15) is 13.2 Å². The SMILES string of the molecule is COCCCNCCC(=O)Nc1ccc(Cl)cc1C(F)(F)F. The number of anilines is 1. The monoisotopic (exact) mass is 338 g/mol. The molecule has 0 aliphatic rings. The van der Waals surface area contributed by atoms with E-state index in [0.717, 1.165) is 18.6 Å². The van der Waals surface area contributed by atoms with Crippen LogP contribution in [-0.4, -0.2) is 32.7 Å². The number of alkyl halides is 3. The smallest absolute Gasteiger partial charge is 0.385 e. The highest BCUT2D eigenvalue weighted by molar-refractivity contribution is 6.30.